The van der Waals surface area contributed by atoms with E-state index in [4.69, 9.17) is 20.5 Å². The first-order valence-electron chi connectivity index (χ1n) is 10.7. The van der Waals surface area contributed by atoms with Gasteiger partial charge in [-0.2, -0.15) is 8.42 Å². The summed E-state index contributed by atoms with van der Waals surface area (Å²) in [5, 5.41) is 0.552. The number of carbonyl (C=O) groups is 1. The number of hydrogen-bond acceptors (Lipinski definition) is 5. The standard InChI is InChI=1S/C24H30ClNO5S/c1-17-5-10-21(11-6-17)32(28,29)30-14-13-18-7-12-22(25)19(15-18)16-26(20-8-9-20)23(27)31-24(2,3)4/h5-7,10-12,15,20H,8-9,13-14,16H2,1-4H3. The Morgan fingerprint density at radius 1 is 1.12 bits per heavy atom. The first-order valence-corrected chi connectivity index (χ1v) is 12.5. The summed E-state index contributed by atoms with van der Waals surface area (Å²) >= 11 is 6.40. The zero-order valence-electron chi connectivity index (χ0n) is 18.9. The molecular weight excluding hydrogens is 450 g/mol. The van der Waals surface area contributed by atoms with Crippen molar-refractivity contribution in [3.05, 3.63) is 64.2 Å². The van der Waals surface area contributed by atoms with E-state index in [-0.39, 0.29) is 23.6 Å². The number of halogens is 1. The molecule has 3 rings (SSSR count). The first-order chi connectivity index (χ1) is 14.9. The van der Waals surface area contributed by atoms with Gasteiger partial charge in [0.2, 0.25) is 0 Å². The van der Waals surface area contributed by atoms with Crippen LogP contribution in [0.25, 0.3) is 0 Å². The minimum atomic E-state index is -3.81. The summed E-state index contributed by atoms with van der Waals surface area (Å²) in [4.78, 5) is 14.5. The molecule has 1 amide bonds. The number of carbonyl (C=O) groups excluding carboxylic acids is 1. The fourth-order valence-electron chi connectivity index (χ4n) is 3.18. The number of hydrogen-bond donors (Lipinski definition) is 0. The van der Waals surface area contributed by atoms with Crippen LogP contribution in [0.5, 0.6) is 0 Å². The molecule has 0 unspecified atom stereocenters. The summed E-state index contributed by atoms with van der Waals surface area (Å²) in [6.45, 7) is 7.77. The van der Waals surface area contributed by atoms with Crippen molar-refractivity contribution in [2.24, 2.45) is 0 Å². The van der Waals surface area contributed by atoms with Crippen molar-refractivity contribution in [1.82, 2.24) is 4.90 Å². The molecule has 0 N–H and O–H groups in total. The van der Waals surface area contributed by atoms with E-state index in [0.717, 1.165) is 29.5 Å². The molecule has 1 aliphatic carbocycles. The number of aryl methyl sites for hydroxylation is 1. The second kappa shape index (κ2) is 9.81. The third-order valence-corrected chi connectivity index (χ3v) is 6.70. The maximum atomic E-state index is 12.7. The molecule has 2 aromatic rings. The molecule has 32 heavy (non-hydrogen) atoms. The van der Waals surface area contributed by atoms with Gasteiger partial charge < -0.3 is 9.64 Å². The van der Waals surface area contributed by atoms with E-state index in [9.17, 15) is 13.2 Å². The number of benzene rings is 2. The van der Waals surface area contributed by atoms with E-state index in [1.54, 1.807) is 23.1 Å². The molecule has 1 fully saturated rings. The molecule has 0 saturated heterocycles. The quantitative estimate of drug-likeness (QED) is 0.467. The van der Waals surface area contributed by atoms with E-state index >= 15 is 0 Å². The van der Waals surface area contributed by atoms with Crippen molar-refractivity contribution in [1.29, 1.82) is 0 Å². The average molecular weight is 480 g/mol. The number of ether oxygens (including phenoxy) is 1. The lowest BCUT2D eigenvalue weighted by molar-refractivity contribution is 0.0216. The second-order valence-electron chi connectivity index (χ2n) is 9.10. The number of nitrogens with zero attached hydrogens (tertiary/aromatic N) is 1. The number of amides is 1. The van der Waals surface area contributed by atoms with Crippen molar-refractivity contribution >= 4 is 27.8 Å². The molecule has 174 valence electrons. The van der Waals surface area contributed by atoms with Gasteiger partial charge in [0.1, 0.15) is 5.60 Å². The van der Waals surface area contributed by atoms with Gasteiger partial charge in [0.15, 0.2) is 0 Å². The summed E-state index contributed by atoms with van der Waals surface area (Å²) < 4.78 is 35.5. The summed E-state index contributed by atoms with van der Waals surface area (Å²) in [6, 6.07) is 12.2. The van der Waals surface area contributed by atoms with Gasteiger partial charge >= 0.3 is 6.09 Å². The highest BCUT2D eigenvalue weighted by Crippen LogP contribution is 2.31. The lowest BCUT2D eigenvalue weighted by atomic mass is 10.1. The van der Waals surface area contributed by atoms with Crippen LogP contribution in [0.1, 0.15) is 50.3 Å². The Morgan fingerprint density at radius 2 is 1.78 bits per heavy atom. The van der Waals surface area contributed by atoms with Crippen LogP contribution < -0.4 is 0 Å². The highest BCUT2D eigenvalue weighted by molar-refractivity contribution is 7.86. The summed E-state index contributed by atoms with van der Waals surface area (Å²) in [7, 11) is -3.81. The van der Waals surface area contributed by atoms with Crippen molar-refractivity contribution in [3.63, 3.8) is 0 Å². The van der Waals surface area contributed by atoms with Gasteiger partial charge in [-0.25, -0.2) is 4.79 Å². The third kappa shape index (κ3) is 6.95. The van der Waals surface area contributed by atoms with Gasteiger partial charge in [-0.15, -0.1) is 0 Å². The Labute approximate surface area is 195 Å². The Morgan fingerprint density at radius 3 is 2.38 bits per heavy atom. The zero-order valence-corrected chi connectivity index (χ0v) is 20.5. The van der Waals surface area contributed by atoms with Gasteiger partial charge in [-0.1, -0.05) is 41.4 Å². The van der Waals surface area contributed by atoms with Gasteiger partial charge in [-0.3, -0.25) is 4.18 Å². The Kier molecular flexibility index (Phi) is 7.53. The molecular formula is C24H30ClNO5S. The van der Waals surface area contributed by atoms with Crippen LogP contribution in [-0.2, 0) is 32.0 Å². The molecule has 0 aromatic heterocycles. The van der Waals surface area contributed by atoms with E-state index in [0.29, 0.717) is 18.0 Å². The Balaban J connectivity index is 1.65. The highest BCUT2D eigenvalue weighted by Gasteiger charge is 2.35. The molecule has 6 nitrogen and oxygen atoms in total. The van der Waals surface area contributed by atoms with E-state index in [1.165, 1.54) is 12.1 Å². The fraction of sp³-hybridized carbons (Fsp3) is 0.458. The van der Waals surface area contributed by atoms with E-state index in [1.807, 2.05) is 39.8 Å². The molecule has 0 spiro atoms. The van der Waals surface area contributed by atoms with Gasteiger partial charge in [-0.05, 0) is 76.3 Å². The predicted molar refractivity (Wildman–Crippen MR) is 124 cm³/mol. The van der Waals surface area contributed by atoms with Gasteiger partial charge in [0.25, 0.3) is 10.1 Å². The van der Waals surface area contributed by atoms with E-state index in [2.05, 4.69) is 0 Å². The largest absolute Gasteiger partial charge is 0.444 e. The predicted octanol–water partition coefficient (Wildman–Crippen LogP) is 5.50. The molecule has 0 aliphatic heterocycles. The van der Waals surface area contributed by atoms with Crippen molar-refractivity contribution in [2.45, 2.75) is 70.0 Å². The lowest BCUT2D eigenvalue weighted by Gasteiger charge is -2.28. The molecule has 1 aliphatic rings. The molecule has 0 bridgehead atoms. The minimum Gasteiger partial charge on any atom is -0.444 e. The van der Waals surface area contributed by atoms with Crippen molar-refractivity contribution in [3.8, 4) is 0 Å². The van der Waals surface area contributed by atoms with Gasteiger partial charge in [0, 0.05) is 11.1 Å². The Bertz CT molecular complexity index is 1060. The maximum absolute atomic E-state index is 12.7. The molecule has 1 saturated carbocycles. The topological polar surface area (TPSA) is 72.9 Å². The van der Waals surface area contributed by atoms with Crippen LogP contribution in [0.3, 0.4) is 0 Å². The summed E-state index contributed by atoms with van der Waals surface area (Å²) in [5.74, 6) is 0. The van der Waals surface area contributed by atoms with Crippen LogP contribution in [0.4, 0.5) is 4.79 Å². The smallest absolute Gasteiger partial charge is 0.410 e. The molecule has 2 aromatic carbocycles. The van der Waals surface area contributed by atoms with Crippen LogP contribution in [0, 0.1) is 6.92 Å². The maximum Gasteiger partial charge on any atom is 0.410 e. The molecule has 0 radical (unpaired) electrons. The Hall–Kier alpha value is -2.09. The zero-order chi connectivity index (χ0) is 23.5. The average Bonchev–Trinajstić information content (AvgIpc) is 3.52. The summed E-state index contributed by atoms with van der Waals surface area (Å²) in [6.07, 6.45) is 1.93. The normalized spacial score (nSPS) is 14.3. The van der Waals surface area contributed by atoms with Crippen molar-refractivity contribution in [2.75, 3.05) is 6.61 Å². The SMILES string of the molecule is Cc1ccc(S(=O)(=O)OCCc2ccc(Cl)c(CN(C(=O)OC(C)(C)C)C3CC3)c2)cc1. The molecule has 0 heterocycles. The number of rotatable bonds is 8. The molecule has 0 atom stereocenters. The molecule has 8 heteroatoms. The van der Waals surface area contributed by atoms with Crippen LogP contribution in [0.2, 0.25) is 5.02 Å². The monoisotopic (exact) mass is 479 g/mol. The van der Waals surface area contributed by atoms with Gasteiger partial charge in [0.05, 0.1) is 18.0 Å². The highest BCUT2D eigenvalue weighted by atomic mass is 35.5. The van der Waals surface area contributed by atoms with Crippen LogP contribution >= 0.6 is 11.6 Å². The van der Waals surface area contributed by atoms with E-state index < -0.39 is 15.7 Å². The van der Waals surface area contributed by atoms with Crippen LogP contribution in [0.15, 0.2) is 47.4 Å². The van der Waals surface area contributed by atoms with Crippen molar-refractivity contribution < 1.29 is 22.1 Å². The first kappa shape index (κ1) is 24.6. The lowest BCUT2D eigenvalue weighted by Crippen LogP contribution is -2.37. The summed E-state index contributed by atoms with van der Waals surface area (Å²) in [5.41, 5.74) is 2.08. The third-order valence-electron chi connectivity index (χ3n) is 5.01. The van der Waals surface area contributed by atoms with Crippen LogP contribution in [-0.4, -0.2) is 37.7 Å². The minimum absolute atomic E-state index is 0.00961. The second-order valence-corrected chi connectivity index (χ2v) is 11.1. The fourth-order valence-corrected chi connectivity index (χ4v) is 4.27.